The van der Waals surface area contributed by atoms with E-state index in [1.807, 2.05) is 24.3 Å². The number of nitrogens with zero attached hydrogens (tertiary/aromatic N) is 1. The summed E-state index contributed by atoms with van der Waals surface area (Å²) in [5.74, 6) is -0.116. The molecule has 0 N–H and O–H groups in total. The zero-order chi connectivity index (χ0) is 15.8. The summed E-state index contributed by atoms with van der Waals surface area (Å²) in [7, 11) is -0.909. The zero-order valence-corrected chi connectivity index (χ0v) is 14.0. The van der Waals surface area contributed by atoms with E-state index in [4.69, 9.17) is 9.05 Å². The third-order valence-corrected chi connectivity index (χ3v) is 6.74. The normalized spacial score (nSPS) is 21.0. The minimum Gasteiger partial charge on any atom is -0.830 e. The summed E-state index contributed by atoms with van der Waals surface area (Å²) in [6.07, 6.45) is 4.27. The van der Waals surface area contributed by atoms with E-state index in [9.17, 15) is 9.67 Å². The number of para-hydroxylation sites is 1. The molecule has 0 amide bonds. The van der Waals surface area contributed by atoms with E-state index >= 15 is 0 Å². The van der Waals surface area contributed by atoms with Crippen molar-refractivity contribution in [2.24, 2.45) is 0 Å². The summed E-state index contributed by atoms with van der Waals surface area (Å²) < 4.78 is 23.4. The molecular formula is C16H22NO4P. The van der Waals surface area contributed by atoms with E-state index in [2.05, 4.69) is 0 Å². The molecule has 1 aromatic rings. The van der Waals surface area contributed by atoms with Gasteiger partial charge in [0.05, 0.1) is 24.5 Å². The zero-order valence-electron chi connectivity index (χ0n) is 13.1. The molecule has 6 heteroatoms. The minimum atomic E-state index is -3.57. The van der Waals surface area contributed by atoms with Gasteiger partial charge in [-0.3, -0.25) is 9.05 Å². The lowest BCUT2D eigenvalue weighted by molar-refractivity contribution is -0.327. The maximum Gasteiger partial charge on any atom is 0.366 e. The van der Waals surface area contributed by atoms with E-state index in [-0.39, 0.29) is 15.7 Å². The number of hydrogen-bond donors (Lipinski definition) is 0. The molecule has 2 aliphatic heterocycles. The van der Waals surface area contributed by atoms with Crippen molar-refractivity contribution >= 4 is 18.6 Å². The summed E-state index contributed by atoms with van der Waals surface area (Å²) >= 11 is 0. The van der Waals surface area contributed by atoms with Crippen molar-refractivity contribution in [2.75, 3.05) is 27.3 Å². The maximum atomic E-state index is 13.3. The maximum absolute atomic E-state index is 13.3. The van der Waals surface area contributed by atoms with Crippen LogP contribution in [0.1, 0.15) is 31.2 Å². The van der Waals surface area contributed by atoms with Crippen molar-refractivity contribution in [3.8, 4) is 0 Å². The van der Waals surface area contributed by atoms with Crippen LogP contribution in [0.3, 0.4) is 0 Å². The predicted octanol–water partition coefficient (Wildman–Crippen LogP) is 3.05. The molecule has 1 spiro atoms. The van der Waals surface area contributed by atoms with Gasteiger partial charge in [0.1, 0.15) is 11.0 Å². The molecule has 0 atom stereocenters. The van der Waals surface area contributed by atoms with Gasteiger partial charge in [0.15, 0.2) is 0 Å². The first-order valence-electron chi connectivity index (χ1n) is 7.70. The van der Waals surface area contributed by atoms with E-state index < -0.39 is 7.60 Å². The number of hydrogen-bond acceptors (Lipinski definition) is 4. The molecule has 0 aromatic heterocycles. The molecule has 0 saturated carbocycles. The van der Waals surface area contributed by atoms with Gasteiger partial charge >= 0.3 is 7.60 Å². The Hall–Kier alpha value is -1.13. The smallest absolute Gasteiger partial charge is 0.366 e. The molecule has 3 rings (SSSR count). The van der Waals surface area contributed by atoms with Gasteiger partial charge in [0.25, 0.3) is 0 Å². The average Bonchev–Trinajstić information content (AvgIpc) is 2.72. The van der Waals surface area contributed by atoms with Gasteiger partial charge in [-0.1, -0.05) is 12.1 Å². The number of fused-ring (bicyclic) bond motifs is 2. The number of rotatable bonds is 3. The molecule has 5 nitrogen and oxygen atoms in total. The third-order valence-electron chi connectivity index (χ3n) is 4.80. The highest BCUT2D eigenvalue weighted by Gasteiger charge is 2.48. The molecule has 120 valence electrons. The number of benzene rings is 1. The minimum absolute atomic E-state index is 0.116. The monoisotopic (exact) mass is 323 g/mol. The highest BCUT2D eigenvalue weighted by atomic mass is 31.2. The van der Waals surface area contributed by atoms with Crippen LogP contribution in [0.4, 0.5) is 5.69 Å². The van der Waals surface area contributed by atoms with Crippen molar-refractivity contribution in [1.29, 1.82) is 0 Å². The lowest BCUT2D eigenvalue weighted by Crippen LogP contribution is -2.51. The van der Waals surface area contributed by atoms with Crippen LogP contribution in [-0.2, 0) is 13.6 Å². The van der Waals surface area contributed by atoms with Crippen molar-refractivity contribution < 1.29 is 18.7 Å². The first-order valence-corrected chi connectivity index (χ1v) is 9.24. The Morgan fingerprint density at radius 3 is 2.23 bits per heavy atom. The Balaban J connectivity index is 2.24. The van der Waals surface area contributed by atoms with Crippen LogP contribution in [0.2, 0.25) is 0 Å². The summed E-state index contributed by atoms with van der Waals surface area (Å²) in [4.78, 5) is 0. The third kappa shape index (κ3) is 2.16. The van der Waals surface area contributed by atoms with Crippen molar-refractivity contribution in [1.82, 2.24) is 4.48 Å². The summed E-state index contributed by atoms with van der Waals surface area (Å²) in [5, 5.41) is 13.5. The van der Waals surface area contributed by atoms with E-state index in [1.165, 1.54) is 14.2 Å². The van der Waals surface area contributed by atoms with Gasteiger partial charge < -0.3 is 14.2 Å². The molecule has 0 aliphatic carbocycles. The van der Waals surface area contributed by atoms with Gasteiger partial charge in [0, 0.05) is 20.3 Å². The van der Waals surface area contributed by atoms with Crippen LogP contribution < -0.4 is 9.59 Å². The molecule has 2 heterocycles. The lowest BCUT2D eigenvalue weighted by Gasteiger charge is -2.38. The topological polar surface area (TPSA) is 58.6 Å². The lowest BCUT2D eigenvalue weighted by atomic mass is 10.1. The molecule has 2 aliphatic rings. The average molecular weight is 323 g/mol. The Bertz CT molecular complexity index is 639. The van der Waals surface area contributed by atoms with Crippen molar-refractivity contribution in [3.63, 3.8) is 0 Å². The fourth-order valence-electron chi connectivity index (χ4n) is 3.67. The summed E-state index contributed by atoms with van der Waals surface area (Å²) in [5.41, 5.74) is 1.67. The van der Waals surface area contributed by atoms with Crippen LogP contribution in [0.15, 0.2) is 30.1 Å². The fourth-order valence-corrected chi connectivity index (χ4v) is 5.09. The van der Waals surface area contributed by atoms with Gasteiger partial charge in [-0.05, 0) is 31.7 Å². The summed E-state index contributed by atoms with van der Waals surface area (Å²) in [6, 6.07) is 7.62. The second-order valence-corrected chi connectivity index (χ2v) is 8.04. The fraction of sp³-hybridized carbons (Fsp3) is 0.500. The van der Waals surface area contributed by atoms with Gasteiger partial charge in [-0.25, -0.2) is 0 Å². The van der Waals surface area contributed by atoms with Crippen LogP contribution in [-0.4, -0.2) is 27.3 Å². The second kappa shape index (κ2) is 5.82. The Labute approximate surface area is 131 Å². The first kappa shape index (κ1) is 15.8. The van der Waals surface area contributed by atoms with Crippen molar-refractivity contribution in [2.45, 2.75) is 25.7 Å². The molecule has 0 bridgehead atoms. The van der Waals surface area contributed by atoms with Gasteiger partial charge in [-0.2, -0.15) is 0 Å². The number of quaternary nitrogens is 1. The van der Waals surface area contributed by atoms with Gasteiger partial charge in [0.2, 0.25) is 0 Å². The van der Waals surface area contributed by atoms with E-state index in [0.717, 1.165) is 50.0 Å². The molecule has 22 heavy (non-hydrogen) atoms. The standard InChI is InChI=1S/C16H22NO4P/c1-20-22(19,21-2)15-13-9-5-6-10-14(13)17(16(15)18)11-7-3-4-8-12-17/h5-6,9-10H,3-4,7-8,11-12H2,1-2H3. The largest absolute Gasteiger partial charge is 0.830 e. The molecule has 1 aromatic carbocycles. The van der Waals surface area contributed by atoms with Crippen LogP contribution in [0.25, 0.3) is 5.31 Å². The van der Waals surface area contributed by atoms with Crippen LogP contribution in [0.5, 0.6) is 0 Å². The Morgan fingerprint density at radius 1 is 1.05 bits per heavy atom. The van der Waals surface area contributed by atoms with E-state index in [1.54, 1.807) is 0 Å². The second-order valence-electron chi connectivity index (χ2n) is 5.86. The Morgan fingerprint density at radius 2 is 1.64 bits per heavy atom. The summed E-state index contributed by atoms with van der Waals surface area (Å²) in [6.45, 7) is 1.51. The highest BCUT2D eigenvalue weighted by Crippen LogP contribution is 2.65. The molecular weight excluding hydrogens is 301 g/mol. The molecule has 1 fully saturated rings. The first-order chi connectivity index (χ1) is 10.6. The SMILES string of the molecule is COP(=O)(OC)C1=C([O-])[N+]2(CCCCCC2)c2ccccc21. The van der Waals surface area contributed by atoms with Gasteiger partial charge in [-0.15, -0.1) is 0 Å². The van der Waals surface area contributed by atoms with E-state index in [0.29, 0.717) is 0 Å². The molecule has 0 radical (unpaired) electrons. The van der Waals surface area contributed by atoms with Crippen LogP contribution in [0, 0.1) is 0 Å². The predicted molar refractivity (Wildman–Crippen MR) is 85.0 cm³/mol. The van der Waals surface area contributed by atoms with Crippen molar-refractivity contribution in [3.05, 3.63) is 35.7 Å². The van der Waals surface area contributed by atoms with Crippen LogP contribution >= 0.6 is 7.60 Å². The Kier molecular flexibility index (Phi) is 4.17. The highest BCUT2D eigenvalue weighted by molar-refractivity contribution is 7.65. The molecule has 0 unspecified atom stereocenters. The quantitative estimate of drug-likeness (QED) is 0.634. The molecule has 1 saturated heterocycles.